The average molecular weight is 326 g/mol. The summed E-state index contributed by atoms with van der Waals surface area (Å²) in [4.78, 5) is 22.4. The molecule has 2 aromatic rings. The number of carbonyl (C=O) groups excluding carboxylic acids is 1. The van der Waals surface area contributed by atoms with Gasteiger partial charge in [0.2, 0.25) is 0 Å². The summed E-state index contributed by atoms with van der Waals surface area (Å²) in [6.07, 6.45) is 6.47. The van der Waals surface area contributed by atoms with Gasteiger partial charge in [-0.05, 0) is 25.0 Å². The Kier molecular flexibility index (Phi) is 5.74. The molecule has 1 fully saturated rings. The van der Waals surface area contributed by atoms with Crippen LogP contribution < -0.4 is 10.1 Å². The summed E-state index contributed by atoms with van der Waals surface area (Å²) in [6, 6.07) is 10.1. The minimum atomic E-state index is -0.144. The number of likely N-dealkylation sites (tertiary alicyclic amines) is 1. The van der Waals surface area contributed by atoms with Crippen molar-refractivity contribution >= 4 is 5.91 Å². The molecular weight excluding hydrogens is 304 g/mol. The number of nitrogens with zero attached hydrogens (tertiary/aromatic N) is 3. The number of amides is 1. The lowest BCUT2D eigenvalue weighted by molar-refractivity contribution is 0.0900. The van der Waals surface area contributed by atoms with E-state index in [1.54, 1.807) is 6.20 Å². The first-order valence-corrected chi connectivity index (χ1v) is 8.28. The Hall–Kier alpha value is -2.47. The molecule has 1 aliphatic rings. The van der Waals surface area contributed by atoms with E-state index < -0.39 is 0 Å². The highest BCUT2D eigenvalue weighted by Gasteiger charge is 2.21. The first-order valence-electron chi connectivity index (χ1n) is 8.28. The van der Waals surface area contributed by atoms with Crippen LogP contribution in [0, 0.1) is 0 Å². The third kappa shape index (κ3) is 4.76. The van der Waals surface area contributed by atoms with Crippen LogP contribution in [0.15, 0.2) is 48.9 Å². The molecule has 0 spiro atoms. The molecule has 1 aromatic carbocycles. The number of para-hydroxylation sites is 1. The van der Waals surface area contributed by atoms with E-state index in [0.717, 1.165) is 38.2 Å². The molecule has 0 radical (unpaired) electrons. The largest absolute Gasteiger partial charge is 0.492 e. The van der Waals surface area contributed by atoms with Crippen molar-refractivity contribution in [1.82, 2.24) is 20.2 Å². The second kappa shape index (κ2) is 8.40. The smallest absolute Gasteiger partial charge is 0.271 e. The van der Waals surface area contributed by atoms with Crippen LogP contribution in [0.4, 0.5) is 0 Å². The van der Waals surface area contributed by atoms with Crippen LogP contribution in [0.25, 0.3) is 0 Å². The quantitative estimate of drug-likeness (QED) is 0.876. The molecule has 1 N–H and O–H groups in total. The Morgan fingerprint density at radius 2 is 2.00 bits per heavy atom. The van der Waals surface area contributed by atoms with Crippen LogP contribution in [0.2, 0.25) is 0 Å². The van der Waals surface area contributed by atoms with Crippen molar-refractivity contribution in [2.45, 2.75) is 18.9 Å². The lowest BCUT2D eigenvalue weighted by Gasteiger charge is -2.32. The van der Waals surface area contributed by atoms with E-state index in [0.29, 0.717) is 12.3 Å². The summed E-state index contributed by atoms with van der Waals surface area (Å²) in [7, 11) is 0. The zero-order valence-electron chi connectivity index (χ0n) is 13.6. The van der Waals surface area contributed by atoms with Crippen LogP contribution in [0.1, 0.15) is 23.3 Å². The molecule has 126 valence electrons. The average Bonchev–Trinajstić information content (AvgIpc) is 2.65. The summed E-state index contributed by atoms with van der Waals surface area (Å²) in [5, 5.41) is 3.04. The van der Waals surface area contributed by atoms with Gasteiger partial charge in [0.1, 0.15) is 18.1 Å². The molecule has 0 aliphatic carbocycles. The number of carbonyl (C=O) groups is 1. The third-order valence-corrected chi connectivity index (χ3v) is 4.14. The van der Waals surface area contributed by atoms with E-state index >= 15 is 0 Å². The standard InChI is InChI=1S/C18H22N4O2/c23-18(17-14-19-8-9-20-17)21-15-6-10-22(11-7-15)12-13-24-16-4-2-1-3-5-16/h1-5,8-9,14-15H,6-7,10-13H2,(H,21,23). The number of ether oxygens (including phenoxy) is 1. The molecule has 1 saturated heterocycles. The number of hydrogen-bond donors (Lipinski definition) is 1. The van der Waals surface area contributed by atoms with Crippen LogP contribution in [0.3, 0.4) is 0 Å². The maximum atomic E-state index is 12.1. The fourth-order valence-corrected chi connectivity index (χ4v) is 2.79. The Bertz CT molecular complexity index is 628. The van der Waals surface area contributed by atoms with Gasteiger partial charge < -0.3 is 10.1 Å². The van der Waals surface area contributed by atoms with Crippen molar-refractivity contribution in [3.05, 3.63) is 54.6 Å². The molecule has 0 saturated carbocycles. The van der Waals surface area contributed by atoms with E-state index in [2.05, 4.69) is 20.2 Å². The normalized spacial score (nSPS) is 15.8. The van der Waals surface area contributed by atoms with Crippen LogP contribution in [0.5, 0.6) is 5.75 Å². The lowest BCUT2D eigenvalue weighted by Crippen LogP contribution is -2.45. The molecule has 0 unspecified atom stereocenters. The summed E-state index contributed by atoms with van der Waals surface area (Å²) in [5.41, 5.74) is 0.371. The van der Waals surface area contributed by atoms with Crippen LogP contribution in [-0.4, -0.2) is 53.1 Å². The molecular formula is C18H22N4O2. The first kappa shape index (κ1) is 16.4. The van der Waals surface area contributed by atoms with Gasteiger partial charge in [0.05, 0.1) is 6.20 Å². The van der Waals surface area contributed by atoms with Gasteiger partial charge >= 0.3 is 0 Å². The zero-order valence-corrected chi connectivity index (χ0v) is 13.6. The summed E-state index contributed by atoms with van der Waals surface area (Å²) >= 11 is 0. The fraction of sp³-hybridized carbons (Fsp3) is 0.389. The Morgan fingerprint density at radius 3 is 2.71 bits per heavy atom. The van der Waals surface area contributed by atoms with Crippen LogP contribution >= 0.6 is 0 Å². The number of piperidine rings is 1. The monoisotopic (exact) mass is 326 g/mol. The Balaban J connectivity index is 1.36. The highest BCUT2D eigenvalue weighted by atomic mass is 16.5. The molecule has 0 bridgehead atoms. The van der Waals surface area contributed by atoms with E-state index in [9.17, 15) is 4.79 Å². The SMILES string of the molecule is O=C(NC1CCN(CCOc2ccccc2)CC1)c1cnccn1. The zero-order chi connectivity index (χ0) is 16.6. The van der Waals surface area contributed by atoms with Crippen molar-refractivity contribution < 1.29 is 9.53 Å². The summed E-state index contributed by atoms with van der Waals surface area (Å²) in [5.74, 6) is 0.762. The van der Waals surface area contributed by atoms with E-state index in [1.165, 1.54) is 12.4 Å². The summed E-state index contributed by atoms with van der Waals surface area (Å²) < 4.78 is 5.73. The van der Waals surface area contributed by atoms with Crippen molar-refractivity contribution in [2.24, 2.45) is 0 Å². The second-order valence-electron chi connectivity index (χ2n) is 5.84. The molecule has 3 rings (SSSR count). The van der Waals surface area contributed by atoms with Crippen molar-refractivity contribution in [3.63, 3.8) is 0 Å². The van der Waals surface area contributed by atoms with Crippen molar-refractivity contribution in [2.75, 3.05) is 26.2 Å². The second-order valence-corrected chi connectivity index (χ2v) is 5.84. The number of nitrogens with one attached hydrogen (secondary N) is 1. The number of hydrogen-bond acceptors (Lipinski definition) is 5. The van der Waals surface area contributed by atoms with Crippen molar-refractivity contribution in [1.29, 1.82) is 0 Å². The minimum absolute atomic E-state index is 0.144. The highest BCUT2D eigenvalue weighted by molar-refractivity contribution is 5.92. The number of rotatable bonds is 6. The van der Waals surface area contributed by atoms with Gasteiger partial charge in [-0.1, -0.05) is 18.2 Å². The molecule has 1 aromatic heterocycles. The maximum absolute atomic E-state index is 12.1. The van der Waals surface area contributed by atoms with E-state index in [1.807, 2.05) is 30.3 Å². The highest BCUT2D eigenvalue weighted by Crippen LogP contribution is 2.12. The predicted molar refractivity (Wildman–Crippen MR) is 90.9 cm³/mol. The van der Waals surface area contributed by atoms with Crippen molar-refractivity contribution in [3.8, 4) is 5.75 Å². The summed E-state index contributed by atoms with van der Waals surface area (Å²) in [6.45, 7) is 3.51. The van der Waals surface area contributed by atoms with Gasteiger partial charge in [-0.2, -0.15) is 0 Å². The van der Waals surface area contributed by atoms with E-state index in [-0.39, 0.29) is 11.9 Å². The molecule has 6 nitrogen and oxygen atoms in total. The topological polar surface area (TPSA) is 67.4 Å². The molecule has 0 atom stereocenters. The minimum Gasteiger partial charge on any atom is -0.492 e. The van der Waals surface area contributed by atoms with Gasteiger partial charge in [0.25, 0.3) is 5.91 Å². The third-order valence-electron chi connectivity index (χ3n) is 4.14. The molecule has 1 amide bonds. The first-order chi connectivity index (χ1) is 11.8. The molecule has 1 aliphatic heterocycles. The fourth-order valence-electron chi connectivity index (χ4n) is 2.79. The van der Waals surface area contributed by atoms with Gasteiger partial charge in [0.15, 0.2) is 0 Å². The van der Waals surface area contributed by atoms with Gasteiger partial charge in [-0.3, -0.25) is 14.7 Å². The van der Waals surface area contributed by atoms with Crippen LogP contribution in [-0.2, 0) is 0 Å². The predicted octanol–water partition coefficient (Wildman–Crippen LogP) is 1.75. The van der Waals surface area contributed by atoms with Gasteiger partial charge in [-0.15, -0.1) is 0 Å². The Morgan fingerprint density at radius 1 is 1.21 bits per heavy atom. The molecule has 24 heavy (non-hydrogen) atoms. The molecule has 2 heterocycles. The number of benzene rings is 1. The van der Waals surface area contributed by atoms with E-state index in [4.69, 9.17) is 4.74 Å². The molecule has 6 heteroatoms. The lowest BCUT2D eigenvalue weighted by atomic mass is 10.0. The maximum Gasteiger partial charge on any atom is 0.271 e. The Labute approximate surface area is 141 Å². The number of aromatic nitrogens is 2. The van der Waals surface area contributed by atoms with Gasteiger partial charge in [0, 0.05) is 38.1 Å². The van der Waals surface area contributed by atoms with Gasteiger partial charge in [-0.25, -0.2) is 4.98 Å².